The van der Waals surface area contributed by atoms with Gasteiger partial charge in [0, 0.05) is 0 Å². The highest BCUT2D eigenvalue weighted by molar-refractivity contribution is 5.77. The molecular formula is C22H20O2. The van der Waals surface area contributed by atoms with Crippen LogP contribution in [-0.2, 0) is 15.1 Å². The minimum atomic E-state index is -0.810. The van der Waals surface area contributed by atoms with Gasteiger partial charge in [-0.1, -0.05) is 91.0 Å². The molecular weight excluding hydrogens is 296 g/mol. The minimum absolute atomic E-state index is 0.00201. The second kappa shape index (κ2) is 7.24. The highest BCUT2D eigenvalue weighted by atomic mass is 16.5. The monoisotopic (exact) mass is 316 g/mol. The molecule has 0 saturated carbocycles. The van der Waals surface area contributed by atoms with E-state index < -0.39 is 5.60 Å². The van der Waals surface area contributed by atoms with E-state index in [0.29, 0.717) is 0 Å². The van der Waals surface area contributed by atoms with Crippen LogP contribution in [0.5, 0.6) is 0 Å². The Morgan fingerprint density at radius 3 is 1.33 bits per heavy atom. The van der Waals surface area contributed by atoms with Crippen LogP contribution in [-0.4, -0.2) is 12.4 Å². The van der Waals surface area contributed by atoms with Gasteiger partial charge in [0.25, 0.3) is 0 Å². The molecule has 3 aromatic carbocycles. The van der Waals surface area contributed by atoms with Crippen molar-refractivity contribution in [2.45, 2.75) is 12.5 Å². The summed E-state index contributed by atoms with van der Waals surface area (Å²) in [5.41, 5.74) is 2.20. The maximum atomic E-state index is 11.7. The molecule has 0 atom stereocenters. The molecule has 0 aliphatic rings. The third kappa shape index (κ3) is 3.15. The Balaban J connectivity index is 2.26. The summed E-state index contributed by atoms with van der Waals surface area (Å²) in [7, 11) is 0. The first kappa shape index (κ1) is 16.2. The smallest absolute Gasteiger partial charge is 0.155 e. The molecule has 120 valence electrons. The molecule has 0 heterocycles. The Morgan fingerprint density at radius 1 is 0.708 bits per heavy atom. The highest BCUT2D eigenvalue weighted by Gasteiger charge is 2.37. The lowest BCUT2D eigenvalue weighted by atomic mass is 9.80. The zero-order valence-corrected chi connectivity index (χ0v) is 13.7. The predicted molar refractivity (Wildman–Crippen MR) is 95.8 cm³/mol. The van der Waals surface area contributed by atoms with Crippen molar-refractivity contribution >= 4 is 5.78 Å². The zero-order valence-electron chi connectivity index (χ0n) is 13.7. The van der Waals surface area contributed by atoms with Crippen molar-refractivity contribution in [2.24, 2.45) is 0 Å². The Bertz CT molecular complexity index is 683. The Hall–Kier alpha value is -2.71. The van der Waals surface area contributed by atoms with Gasteiger partial charge in [-0.05, 0) is 23.6 Å². The van der Waals surface area contributed by atoms with E-state index in [2.05, 4.69) is 0 Å². The van der Waals surface area contributed by atoms with E-state index in [1.54, 1.807) is 6.92 Å². The summed E-state index contributed by atoms with van der Waals surface area (Å²) < 4.78 is 6.30. The van der Waals surface area contributed by atoms with Crippen molar-refractivity contribution in [1.82, 2.24) is 0 Å². The zero-order chi connectivity index (χ0) is 16.8. The Kier molecular flexibility index (Phi) is 4.88. The van der Waals surface area contributed by atoms with Gasteiger partial charge in [-0.15, -0.1) is 0 Å². The number of benzene rings is 3. The van der Waals surface area contributed by atoms with Crippen LogP contribution in [0.2, 0.25) is 0 Å². The van der Waals surface area contributed by atoms with Crippen molar-refractivity contribution in [2.75, 3.05) is 6.61 Å². The third-order valence-electron chi connectivity index (χ3n) is 4.03. The molecule has 2 nitrogen and oxygen atoms in total. The quantitative estimate of drug-likeness (QED) is 0.622. The molecule has 0 unspecified atom stereocenters. The minimum Gasteiger partial charge on any atom is -0.353 e. The van der Waals surface area contributed by atoms with Gasteiger partial charge in [0.05, 0.1) is 0 Å². The van der Waals surface area contributed by atoms with E-state index in [1.807, 2.05) is 91.0 Å². The molecule has 0 saturated heterocycles. The van der Waals surface area contributed by atoms with Gasteiger partial charge in [-0.25, -0.2) is 0 Å². The average molecular weight is 316 g/mol. The van der Waals surface area contributed by atoms with Crippen LogP contribution in [0.25, 0.3) is 0 Å². The molecule has 0 spiro atoms. The Morgan fingerprint density at radius 2 is 1.04 bits per heavy atom. The van der Waals surface area contributed by atoms with Crippen molar-refractivity contribution in [1.29, 1.82) is 0 Å². The molecule has 2 heteroatoms. The van der Waals surface area contributed by atoms with Crippen LogP contribution in [0, 0.1) is 0 Å². The summed E-state index contributed by atoms with van der Waals surface area (Å²) in [5.74, 6) is 0.00201. The molecule has 0 aromatic heterocycles. The summed E-state index contributed by atoms with van der Waals surface area (Å²) in [4.78, 5) is 11.7. The first-order chi connectivity index (χ1) is 11.7. The number of hydrogen-bond acceptors (Lipinski definition) is 2. The lowest BCUT2D eigenvalue weighted by Gasteiger charge is -2.35. The lowest BCUT2D eigenvalue weighted by Crippen LogP contribution is -2.34. The maximum absolute atomic E-state index is 11.7. The van der Waals surface area contributed by atoms with Gasteiger partial charge < -0.3 is 4.74 Å². The molecule has 0 aliphatic carbocycles. The second-order valence-electron chi connectivity index (χ2n) is 5.77. The molecule has 24 heavy (non-hydrogen) atoms. The third-order valence-corrected chi connectivity index (χ3v) is 4.03. The van der Waals surface area contributed by atoms with Gasteiger partial charge in [0.1, 0.15) is 12.2 Å². The number of hydrogen-bond donors (Lipinski definition) is 0. The van der Waals surface area contributed by atoms with E-state index in [-0.39, 0.29) is 12.4 Å². The van der Waals surface area contributed by atoms with Gasteiger partial charge >= 0.3 is 0 Å². The van der Waals surface area contributed by atoms with Crippen LogP contribution in [0.15, 0.2) is 91.0 Å². The molecule has 0 radical (unpaired) electrons. The van der Waals surface area contributed by atoms with E-state index in [0.717, 1.165) is 16.7 Å². The fourth-order valence-corrected chi connectivity index (χ4v) is 2.98. The fraction of sp³-hybridized carbons (Fsp3) is 0.136. The van der Waals surface area contributed by atoms with Gasteiger partial charge in [-0.2, -0.15) is 0 Å². The number of carbonyl (C=O) groups excluding carboxylic acids is 1. The first-order valence-corrected chi connectivity index (χ1v) is 8.03. The molecule has 0 amide bonds. The number of Topliss-reactive ketones (excluding diaryl/α,β-unsaturated/α-hetero) is 1. The van der Waals surface area contributed by atoms with Crippen LogP contribution in [0.3, 0.4) is 0 Å². The predicted octanol–water partition coefficient (Wildman–Crippen LogP) is 4.58. The normalized spacial score (nSPS) is 11.2. The fourth-order valence-electron chi connectivity index (χ4n) is 2.98. The van der Waals surface area contributed by atoms with E-state index >= 15 is 0 Å². The van der Waals surface area contributed by atoms with E-state index in [4.69, 9.17) is 4.74 Å². The average Bonchev–Trinajstić information content (AvgIpc) is 2.65. The lowest BCUT2D eigenvalue weighted by molar-refractivity contribution is -0.125. The Labute approximate surface area is 142 Å². The summed E-state index contributed by atoms with van der Waals surface area (Å²) in [5, 5.41) is 0. The molecule has 0 bridgehead atoms. The highest BCUT2D eigenvalue weighted by Crippen LogP contribution is 2.40. The summed E-state index contributed by atoms with van der Waals surface area (Å²) >= 11 is 0. The number of ether oxygens (including phenoxy) is 1. The second-order valence-corrected chi connectivity index (χ2v) is 5.77. The molecule has 0 fully saturated rings. The molecule has 3 aromatic rings. The van der Waals surface area contributed by atoms with Gasteiger partial charge in [-0.3, -0.25) is 4.79 Å². The SMILES string of the molecule is CC(=O)COC(c1ccccc1)(c1ccccc1)c1ccccc1. The number of carbonyl (C=O) groups is 1. The number of ketones is 1. The van der Waals surface area contributed by atoms with E-state index in [1.165, 1.54) is 0 Å². The first-order valence-electron chi connectivity index (χ1n) is 8.03. The van der Waals surface area contributed by atoms with Crippen molar-refractivity contribution in [3.8, 4) is 0 Å². The molecule has 3 rings (SSSR count). The standard InChI is InChI=1S/C22H20O2/c1-18(23)17-24-22(19-11-5-2-6-12-19,20-13-7-3-8-14-20)21-15-9-4-10-16-21/h2-16H,17H2,1H3. The maximum Gasteiger partial charge on any atom is 0.155 e. The van der Waals surface area contributed by atoms with Crippen LogP contribution in [0.4, 0.5) is 0 Å². The van der Waals surface area contributed by atoms with Gasteiger partial charge in [0.15, 0.2) is 5.78 Å². The summed E-state index contributed by atoms with van der Waals surface area (Å²) in [6.45, 7) is 1.60. The summed E-state index contributed by atoms with van der Waals surface area (Å²) in [6, 6.07) is 30.2. The van der Waals surface area contributed by atoms with E-state index in [9.17, 15) is 4.79 Å². The van der Waals surface area contributed by atoms with Crippen molar-refractivity contribution < 1.29 is 9.53 Å². The van der Waals surface area contributed by atoms with Crippen LogP contribution < -0.4 is 0 Å². The largest absolute Gasteiger partial charge is 0.353 e. The number of rotatable bonds is 6. The van der Waals surface area contributed by atoms with Gasteiger partial charge in [0.2, 0.25) is 0 Å². The van der Waals surface area contributed by atoms with Crippen LogP contribution in [0.1, 0.15) is 23.6 Å². The summed E-state index contributed by atoms with van der Waals surface area (Å²) in [6.07, 6.45) is 0. The van der Waals surface area contributed by atoms with Crippen molar-refractivity contribution in [3.63, 3.8) is 0 Å². The molecule has 0 N–H and O–H groups in total. The van der Waals surface area contributed by atoms with Crippen LogP contribution >= 0.6 is 0 Å². The molecule has 0 aliphatic heterocycles. The topological polar surface area (TPSA) is 26.3 Å². The van der Waals surface area contributed by atoms with Crippen molar-refractivity contribution in [3.05, 3.63) is 108 Å².